The van der Waals surface area contributed by atoms with Crippen LogP contribution < -0.4 is 15.4 Å². The maximum absolute atomic E-state index is 12.2. The highest BCUT2D eigenvalue weighted by Crippen LogP contribution is 2.16. The van der Waals surface area contributed by atoms with Crippen LogP contribution >= 0.6 is 15.9 Å². The van der Waals surface area contributed by atoms with E-state index in [0.717, 1.165) is 4.47 Å². The molecule has 0 fully saturated rings. The highest BCUT2D eigenvalue weighted by Gasteiger charge is 2.14. The van der Waals surface area contributed by atoms with Crippen molar-refractivity contribution in [1.82, 2.24) is 4.72 Å². The third-order valence-electron chi connectivity index (χ3n) is 3.94. The highest BCUT2D eigenvalue weighted by atomic mass is 79.9. The van der Waals surface area contributed by atoms with E-state index in [2.05, 4.69) is 31.3 Å². The minimum atomic E-state index is -3.68. The van der Waals surface area contributed by atoms with Gasteiger partial charge in [0, 0.05) is 28.8 Å². The number of anilines is 2. The molecular weight excluding hydrogens is 474 g/mol. The molecule has 0 unspecified atom stereocenters. The summed E-state index contributed by atoms with van der Waals surface area (Å²) in [5.74, 6) is -0.534. The lowest BCUT2D eigenvalue weighted by molar-refractivity contribution is -0.116. The van der Waals surface area contributed by atoms with Gasteiger partial charge in [0.1, 0.15) is 0 Å². The molecule has 0 aliphatic heterocycles. The number of hydrogen-bond donors (Lipinski definition) is 3. The molecule has 10 heteroatoms. The van der Waals surface area contributed by atoms with Crippen LogP contribution in [0.5, 0.6) is 0 Å². The van der Waals surface area contributed by atoms with Crippen LogP contribution in [0.25, 0.3) is 0 Å². The Morgan fingerprint density at radius 3 is 2.13 bits per heavy atom. The van der Waals surface area contributed by atoms with E-state index in [1.54, 1.807) is 48.5 Å². The third-order valence-corrected chi connectivity index (χ3v) is 5.95. The molecule has 2 amide bonds. The Hall–Kier alpha value is -2.95. The molecule has 0 radical (unpaired) electrons. The van der Waals surface area contributed by atoms with E-state index in [1.807, 2.05) is 0 Å². The van der Waals surface area contributed by atoms with Gasteiger partial charge in [-0.25, -0.2) is 13.1 Å². The van der Waals surface area contributed by atoms with Gasteiger partial charge in [-0.1, -0.05) is 15.9 Å². The van der Waals surface area contributed by atoms with Crippen LogP contribution in [-0.4, -0.2) is 26.8 Å². The molecule has 0 aliphatic carbocycles. The second kappa shape index (κ2) is 9.70. The summed E-state index contributed by atoms with van der Waals surface area (Å²) >= 11 is 3.25. The lowest BCUT2D eigenvalue weighted by atomic mass is 10.2. The largest absolute Gasteiger partial charge is 0.459 e. The molecule has 3 aromatic rings. The van der Waals surface area contributed by atoms with Gasteiger partial charge in [0.2, 0.25) is 15.9 Å². The first-order valence-electron chi connectivity index (χ1n) is 8.83. The van der Waals surface area contributed by atoms with Gasteiger partial charge in [-0.2, -0.15) is 0 Å². The standard InChI is InChI=1S/C20H18BrN3O5S/c21-14-3-9-17(10-4-14)30(27,28)22-12-11-19(25)23-15-5-7-16(8-6-15)24-20(26)18-2-1-13-29-18/h1-10,13,22H,11-12H2,(H,23,25)(H,24,26). The Labute approximate surface area is 181 Å². The fourth-order valence-corrected chi connectivity index (χ4v) is 3.75. The Kier molecular flexibility index (Phi) is 7.03. The number of carbonyl (C=O) groups excluding carboxylic acids is 2. The normalized spacial score (nSPS) is 11.1. The first-order valence-corrected chi connectivity index (χ1v) is 11.1. The lowest BCUT2D eigenvalue weighted by Gasteiger charge is -2.09. The van der Waals surface area contributed by atoms with Crippen LogP contribution in [0, 0.1) is 0 Å². The zero-order valence-corrected chi connectivity index (χ0v) is 18.0. The number of sulfonamides is 1. The van der Waals surface area contributed by atoms with Crippen molar-refractivity contribution in [3.63, 3.8) is 0 Å². The SMILES string of the molecule is O=C(CCNS(=O)(=O)c1ccc(Br)cc1)Nc1ccc(NC(=O)c2ccco2)cc1. The number of amides is 2. The van der Waals surface area contributed by atoms with E-state index in [4.69, 9.17) is 4.42 Å². The van der Waals surface area contributed by atoms with Crippen LogP contribution in [0.2, 0.25) is 0 Å². The number of hydrogen-bond acceptors (Lipinski definition) is 5. The maximum atomic E-state index is 12.2. The van der Waals surface area contributed by atoms with E-state index < -0.39 is 10.0 Å². The van der Waals surface area contributed by atoms with Crippen molar-refractivity contribution in [2.75, 3.05) is 17.2 Å². The molecule has 1 heterocycles. The first kappa shape index (κ1) is 21.8. The van der Waals surface area contributed by atoms with Crippen LogP contribution in [-0.2, 0) is 14.8 Å². The molecular formula is C20H18BrN3O5S. The second-order valence-electron chi connectivity index (χ2n) is 6.16. The predicted molar refractivity (Wildman–Crippen MR) is 116 cm³/mol. The number of nitrogens with one attached hydrogen (secondary N) is 3. The molecule has 8 nitrogen and oxygen atoms in total. The van der Waals surface area contributed by atoms with Gasteiger partial charge in [0.25, 0.3) is 5.91 Å². The molecule has 2 aromatic carbocycles. The maximum Gasteiger partial charge on any atom is 0.291 e. The molecule has 0 bridgehead atoms. The monoisotopic (exact) mass is 491 g/mol. The molecule has 0 aliphatic rings. The van der Waals surface area contributed by atoms with Gasteiger partial charge in [0.15, 0.2) is 5.76 Å². The van der Waals surface area contributed by atoms with Gasteiger partial charge in [0.05, 0.1) is 11.2 Å². The summed E-state index contributed by atoms with van der Waals surface area (Å²) in [5, 5.41) is 5.34. The second-order valence-corrected chi connectivity index (χ2v) is 8.84. The summed E-state index contributed by atoms with van der Waals surface area (Å²) in [6.45, 7) is -0.0402. The quantitative estimate of drug-likeness (QED) is 0.444. The van der Waals surface area contributed by atoms with Crippen LogP contribution in [0.3, 0.4) is 0 Å². The summed E-state index contributed by atoms with van der Waals surface area (Å²) in [7, 11) is -3.68. The Bertz CT molecular complexity index is 1110. The van der Waals surface area contributed by atoms with E-state index in [1.165, 1.54) is 18.4 Å². The van der Waals surface area contributed by atoms with Crippen molar-refractivity contribution in [3.05, 3.63) is 77.2 Å². The Balaban J connectivity index is 1.46. The number of furan rings is 1. The lowest BCUT2D eigenvalue weighted by Crippen LogP contribution is -2.27. The fourth-order valence-electron chi connectivity index (χ4n) is 2.46. The van der Waals surface area contributed by atoms with Gasteiger partial charge in [-0.05, 0) is 60.7 Å². The smallest absolute Gasteiger partial charge is 0.291 e. The molecule has 1 aromatic heterocycles. The van der Waals surface area contributed by atoms with E-state index in [-0.39, 0.29) is 35.4 Å². The van der Waals surface area contributed by atoms with Crippen molar-refractivity contribution in [2.24, 2.45) is 0 Å². The highest BCUT2D eigenvalue weighted by molar-refractivity contribution is 9.10. The van der Waals surface area contributed by atoms with Crippen molar-refractivity contribution in [1.29, 1.82) is 0 Å². The van der Waals surface area contributed by atoms with Crippen LogP contribution in [0.1, 0.15) is 17.0 Å². The van der Waals surface area contributed by atoms with Crippen molar-refractivity contribution >= 4 is 49.1 Å². The molecule has 156 valence electrons. The predicted octanol–water partition coefficient (Wildman–Crippen LogP) is 3.60. The number of carbonyl (C=O) groups is 2. The minimum Gasteiger partial charge on any atom is -0.459 e. The molecule has 0 spiro atoms. The minimum absolute atomic E-state index is 0.0350. The summed E-state index contributed by atoms with van der Waals surface area (Å²) < 4.78 is 32.6. The molecule has 0 saturated carbocycles. The average Bonchev–Trinajstić information content (AvgIpc) is 3.25. The van der Waals surface area contributed by atoms with Crippen LogP contribution in [0.15, 0.2) is 80.7 Å². The van der Waals surface area contributed by atoms with Crippen molar-refractivity contribution < 1.29 is 22.4 Å². The summed E-state index contributed by atoms with van der Waals surface area (Å²) in [5.41, 5.74) is 1.06. The van der Waals surface area contributed by atoms with Gasteiger partial charge in [-0.3, -0.25) is 9.59 Å². The summed E-state index contributed by atoms with van der Waals surface area (Å²) in [4.78, 5) is 24.1. The number of benzene rings is 2. The summed E-state index contributed by atoms with van der Waals surface area (Å²) in [6, 6.07) is 15.9. The molecule has 30 heavy (non-hydrogen) atoms. The Morgan fingerprint density at radius 2 is 1.53 bits per heavy atom. The first-order chi connectivity index (χ1) is 14.3. The molecule has 3 N–H and O–H groups in total. The van der Waals surface area contributed by atoms with Gasteiger partial charge >= 0.3 is 0 Å². The average molecular weight is 492 g/mol. The van der Waals surface area contributed by atoms with Crippen molar-refractivity contribution in [2.45, 2.75) is 11.3 Å². The molecule has 0 atom stereocenters. The van der Waals surface area contributed by atoms with E-state index in [0.29, 0.717) is 11.4 Å². The van der Waals surface area contributed by atoms with E-state index in [9.17, 15) is 18.0 Å². The molecule has 3 rings (SSSR count). The van der Waals surface area contributed by atoms with E-state index >= 15 is 0 Å². The number of halogens is 1. The zero-order chi connectivity index (χ0) is 21.6. The molecule has 0 saturated heterocycles. The number of rotatable bonds is 8. The Morgan fingerprint density at radius 1 is 0.900 bits per heavy atom. The van der Waals surface area contributed by atoms with Crippen molar-refractivity contribution in [3.8, 4) is 0 Å². The topological polar surface area (TPSA) is 118 Å². The summed E-state index contributed by atoms with van der Waals surface area (Å²) in [6.07, 6.45) is 1.37. The van der Waals surface area contributed by atoms with Gasteiger partial charge in [-0.15, -0.1) is 0 Å². The third kappa shape index (κ3) is 6.02. The zero-order valence-electron chi connectivity index (χ0n) is 15.6. The van der Waals surface area contributed by atoms with Gasteiger partial charge < -0.3 is 15.1 Å². The fraction of sp³-hybridized carbons (Fsp3) is 0.100. The van der Waals surface area contributed by atoms with Crippen LogP contribution in [0.4, 0.5) is 11.4 Å².